The first-order valence-corrected chi connectivity index (χ1v) is 8.30. The first-order chi connectivity index (χ1) is 11.2. The van der Waals surface area contributed by atoms with E-state index in [0.29, 0.717) is 11.6 Å². The highest BCUT2D eigenvalue weighted by Crippen LogP contribution is 2.25. The molecule has 0 aliphatic carbocycles. The van der Waals surface area contributed by atoms with E-state index >= 15 is 0 Å². The van der Waals surface area contributed by atoms with Gasteiger partial charge in [-0.05, 0) is 29.8 Å². The lowest BCUT2D eigenvalue weighted by Gasteiger charge is -2.14. The van der Waals surface area contributed by atoms with Crippen LogP contribution in [0.4, 0.5) is 5.95 Å². The van der Waals surface area contributed by atoms with E-state index in [0.717, 1.165) is 36.5 Å². The average Bonchev–Trinajstić information content (AvgIpc) is 2.90. The number of imidazole rings is 1. The summed E-state index contributed by atoms with van der Waals surface area (Å²) in [6, 6.07) is 15.7. The molecule has 0 radical (unpaired) electrons. The summed E-state index contributed by atoms with van der Waals surface area (Å²) < 4.78 is 4.47. The van der Waals surface area contributed by atoms with Crippen LogP contribution in [0, 0.1) is 0 Å². The number of para-hydroxylation sites is 2. The number of aliphatic hydroxyl groups excluding tert-OH is 1. The second kappa shape index (κ2) is 5.87. The molecule has 0 saturated heterocycles. The van der Waals surface area contributed by atoms with Gasteiger partial charge in [0.25, 0.3) is 0 Å². The minimum atomic E-state index is -0.573. The average molecular weight is 329 g/mol. The lowest BCUT2D eigenvalue weighted by atomic mass is 10.1. The van der Waals surface area contributed by atoms with Crippen molar-refractivity contribution in [3.8, 4) is 0 Å². The van der Waals surface area contributed by atoms with Crippen molar-refractivity contribution in [2.24, 2.45) is 0 Å². The molecule has 2 N–H and O–H groups in total. The molecule has 1 atom stereocenters. The predicted octanol–water partition coefficient (Wildman–Crippen LogP) is 3.13. The molecule has 0 saturated carbocycles. The van der Waals surface area contributed by atoms with Crippen LogP contribution in [0.15, 0.2) is 48.5 Å². The van der Waals surface area contributed by atoms with E-state index in [1.54, 1.807) is 0 Å². The van der Waals surface area contributed by atoms with Crippen LogP contribution >= 0.6 is 11.6 Å². The minimum Gasteiger partial charge on any atom is -0.385 e. The van der Waals surface area contributed by atoms with Gasteiger partial charge in [0.05, 0.1) is 13.1 Å². The first-order valence-electron chi connectivity index (χ1n) is 7.92. The van der Waals surface area contributed by atoms with E-state index in [-0.39, 0.29) is 0 Å². The van der Waals surface area contributed by atoms with Crippen LogP contribution < -0.4 is 9.88 Å². The fraction of sp³-hybridized carbons (Fsp3) is 0.278. The molecule has 0 unspecified atom stereocenters. The van der Waals surface area contributed by atoms with Crippen molar-refractivity contribution < 1.29 is 9.67 Å². The van der Waals surface area contributed by atoms with Crippen molar-refractivity contribution >= 4 is 28.6 Å². The van der Waals surface area contributed by atoms with Gasteiger partial charge in [0, 0.05) is 11.4 Å². The molecule has 3 aromatic rings. The Bertz CT molecular complexity index is 841. The zero-order valence-corrected chi connectivity index (χ0v) is 13.5. The Kier molecular flexibility index (Phi) is 3.71. The van der Waals surface area contributed by atoms with Crippen molar-refractivity contribution in [1.29, 1.82) is 0 Å². The number of halogens is 1. The molecule has 118 valence electrons. The number of aliphatic hydroxyl groups is 1. The monoisotopic (exact) mass is 328 g/mol. The van der Waals surface area contributed by atoms with Gasteiger partial charge in [-0.2, -0.15) is 0 Å². The van der Waals surface area contributed by atoms with Crippen LogP contribution in [0.25, 0.3) is 11.0 Å². The second-order valence-corrected chi connectivity index (χ2v) is 6.36. The van der Waals surface area contributed by atoms with Crippen molar-refractivity contribution in [2.45, 2.75) is 25.6 Å². The summed E-state index contributed by atoms with van der Waals surface area (Å²) in [5, 5.41) is 14.8. The van der Waals surface area contributed by atoms with E-state index in [1.165, 1.54) is 5.52 Å². The van der Waals surface area contributed by atoms with Crippen LogP contribution in [0.1, 0.15) is 18.1 Å². The summed E-state index contributed by atoms with van der Waals surface area (Å²) in [6.45, 7) is 2.48. The number of aryl methyl sites for hydroxylation is 1. The zero-order valence-electron chi connectivity index (χ0n) is 12.7. The maximum atomic E-state index is 10.6. The minimum absolute atomic E-state index is 0.511. The molecule has 0 bridgehead atoms. The Balaban J connectivity index is 1.75. The molecule has 2 aromatic carbocycles. The Morgan fingerprint density at radius 1 is 1.17 bits per heavy atom. The molecule has 0 spiro atoms. The fourth-order valence-corrected chi connectivity index (χ4v) is 3.42. The van der Waals surface area contributed by atoms with Gasteiger partial charge >= 0.3 is 5.95 Å². The van der Waals surface area contributed by atoms with Crippen LogP contribution in [0.2, 0.25) is 5.02 Å². The molecule has 2 heterocycles. The molecule has 4 nitrogen and oxygen atoms in total. The van der Waals surface area contributed by atoms with E-state index < -0.39 is 6.10 Å². The number of hydrogen-bond acceptors (Lipinski definition) is 2. The van der Waals surface area contributed by atoms with E-state index in [2.05, 4.69) is 32.7 Å². The highest BCUT2D eigenvalue weighted by molar-refractivity contribution is 6.30. The summed E-state index contributed by atoms with van der Waals surface area (Å²) in [6.07, 6.45) is 0.544. The number of fused-ring (bicyclic) bond motifs is 3. The summed E-state index contributed by atoms with van der Waals surface area (Å²) in [4.78, 5) is 0. The van der Waals surface area contributed by atoms with Crippen molar-refractivity contribution in [1.82, 2.24) is 4.57 Å². The number of nitrogens with one attached hydrogen (secondary N) is 1. The zero-order chi connectivity index (χ0) is 15.8. The quantitative estimate of drug-likeness (QED) is 0.725. The Labute approximate surface area is 139 Å². The number of hydrogen-bond donors (Lipinski definition) is 2. The number of nitrogens with zero attached hydrogens (tertiary/aromatic N) is 2. The maximum Gasteiger partial charge on any atom is 0.358 e. The Morgan fingerprint density at radius 2 is 1.96 bits per heavy atom. The number of rotatable bonds is 3. The first kappa shape index (κ1) is 14.5. The Hall–Kier alpha value is -2.04. The van der Waals surface area contributed by atoms with E-state index in [4.69, 9.17) is 11.6 Å². The predicted molar refractivity (Wildman–Crippen MR) is 91.7 cm³/mol. The molecule has 1 aliphatic rings. The number of anilines is 1. The molecule has 0 fully saturated rings. The van der Waals surface area contributed by atoms with Gasteiger partial charge in [0.2, 0.25) is 0 Å². The van der Waals surface area contributed by atoms with Gasteiger partial charge in [-0.15, -0.1) is 0 Å². The molecule has 0 amide bonds. The normalized spacial score (nSPS) is 15.2. The van der Waals surface area contributed by atoms with Crippen LogP contribution in [0.5, 0.6) is 0 Å². The highest BCUT2D eigenvalue weighted by Gasteiger charge is 2.27. The van der Waals surface area contributed by atoms with E-state index in [9.17, 15) is 5.11 Å². The third kappa shape index (κ3) is 2.58. The lowest BCUT2D eigenvalue weighted by molar-refractivity contribution is -0.661. The van der Waals surface area contributed by atoms with Crippen molar-refractivity contribution in [2.75, 3.05) is 11.9 Å². The van der Waals surface area contributed by atoms with Gasteiger partial charge in [0.1, 0.15) is 23.7 Å². The van der Waals surface area contributed by atoms with Crippen LogP contribution in [-0.4, -0.2) is 16.2 Å². The lowest BCUT2D eigenvalue weighted by Crippen LogP contribution is -2.42. The molecule has 1 aromatic heterocycles. The summed E-state index contributed by atoms with van der Waals surface area (Å²) in [7, 11) is 0. The van der Waals surface area contributed by atoms with Crippen molar-refractivity contribution in [3.05, 3.63) is 59.1 Å². The topological polar surface area (TPSA) is 41.1 Å². The molecule has 23 heavy (non-hydrogen) atoms. The molecule has 4 rings (SSSR count). The van der Waals surface area contributed by atoms with Gasteiger partial charge in [-0.25, -0.2) is 9.13 Å². The molecular formula is C18H19ClN3O+. The molecule has 1 aliphatic heterocycles. The third-order valence-corrected chi connectivity index (χ3v) is 4.68. The van der Waals surface area contributed by atoms with Crippen molar-refractivity contribution in [3.63, 3.8) is 0 Å². The largest absolute Gasteiger partial charge is 0.385 e. The molecular weight excluding hydrogens is 310 g/mol. The summed E-state index contributed by atoms with van der Waals surface area (Å²) >= 11 is 5.93. The SMILES string of the molecule is O[C@@H](Cn1c2[n+](c3ccccc31)CCCN2)c1ccc(Cl)cc1. The highest BCUT2D eigenvalue weighted by atomic mass is 35.5. The van der Waals surface area contributed by atoms with Crippen LogP contribution in [0.3, 0.4) is 0 Å². The van der Waals surface area contributed by atoms with Gasteiger partial charge < -0.3 is 5.11 Å². The smallest absolute Gasteiger partial charge is 0.358 e. The summed E-state index contributed by atoms with van der Waals surface area (Å²) in [5.74, 6) is 1.07. The van der Waals surface area contributed by atoms with Gasteiger partial charge in [0.15, 0.2) is 0 Å². The summed E-state index contributed by atoms with van der Waals surface area (Å²) in [5.41, 5.74) is 3.23. The van der Waals surface area contributed by atoms with Gasteiger partial charge in [-0.3, -0.25) is 5.32 Å². The number of aromatic nitrogens is 2. The Morgan fingerprint density at radius 3 is 2.78 bits per heavy atom. The van der Waals surface area contributed by atoms with E-state index in [1.807, 2.05) is 30.3 Å². The maximum absolute atomic E-state index is 10.6. The standard InChI is InChI=1S/C18H18ClN3O/c19-14-8-6-13(7-9-14)17(23)12-22-16-5-2-1-4-15(16)21-11-3-10-20-18(21)22/h1-2,4-9,17,23H,3,10-12H2/p+1/t17-/m0/s1. The second-order valence-electron chi connectivity index (χ2n) is 5.92. The number of benzene rings is 2. The fourth-order valence-electron chi connectivity index (χ4n) is 3.30. The molecule has 5 heteroatoms. The van der Waals surface area contributed by atoms with Crippen LogP contribution in [-0.2, 0) is 13.1 Å². The third-order valence-electron chi connectivity index (χ3n) is 4.43. The van der Waals surface area contributed by atoms with Gasteiger partial charge in [-0.1, -0.05) is 35.9 Å².